The molecule has 0 spiro atoms. The van der Waals surface area contributed by atoms with Gasteiger partial charge in [0.1, 0.15) is 5.75 Å². The maximum absolute atomic E-state index is 10.4. The smallest absolute Gasteiger partial charge is 0.115 e. The Morgan fingerprint density at radius 2 is 1.73 bits per heavy atom. The topological polar surface area (TPSA) is 40.5 Å². The zero-order chi connectivity index (χ0) is 11.5. The van der Waals surface area contributed by atoms with Gasteiger partial charge in [0, 0.05) is 6.42 Å². The zero-order valence-electron chi connectivity index (χ0n) is 9.70. The van der Waals surface area contributed by atoms with Gasteiger partial charge >= 0.3 is 0 Å². The van der Waals surface area contributed by atoms with Crippen molar-refractivity contribution in [2.45, 2.75) is 39.2 Å². The molecule has 1 rings (SSSR count). The number of hydrogen-bond acceptors (Lipinski definition) is 2. The van der Waals surface area contributed by atoms with Gasteiger partial charge in [0.05, 0.1) is 5.60 Å². The van der Waals surface area contributed by atoms with E-state index >= 15 is 0 Å². The molecule has 0 aromatic heterocycles. The van der Waals surface area contributed by atoms with E-state index in [9.17, 15) is 5.11 Å². The number of rotatable bonds is 4. The number of phenols is 1. The second-order valence-corrected chi connectivity index (χ2v) is 4.46. The van der Waals surface area contributed by atoms with Gasteiger partial charge in [-0.05, 0) is 30.0 Å². The first-order chi connectivity index (χ1) is 6.98. The van der Waals surface area contributed by atoms with E-state index in [0.717, 1.165) is 12.0 Å². The molecule has 2 nitrogen and oxygen atoms in total. The highest BCUT2D eigenvalue weighted by Crippen LogP contribution is 2.26. The van der Waals surface area contributed by atoms with Crippen LogP contribution in [0.5, 0.6) is 5.75 Å². The SMILES string of the molecule is CCC(O)(Cc1ccc(O)cc1)C(C)C. The van der Waals surface area contributed by atoms with Crippen LogP contribution in [0.3, 0.4) is 0 Å². The average molecular weight is 208 g/mol. The van der Waals surface area contributed by atoms with Gasteiger partial charge in [-0.2, -0.15) is 0 Å². The van der Waals surface area contributed by atoms with Gasteiger partial charge in [-0.1, -0.05) is 32.9 Å². The molecule has 0 saturated carbocycles. The van der Waals surface area contributed by atoms with Crippen LogP contribution in [0.2, 0.25) is 0 Å². The molecular weight excluding hydrogens is 188 g/mol. The van der Waals surface area contributed by atoms with Gasteiger partial charge in [-0.3, -0.25) is 0 Å². The first-order valence-corrected chi connectivity index (χ1v) is 5.48. The lowest BCUT2D eigenvalue weighted by atomic mass is 9.82. The summed E-state index contributed by atoms with van der Waals surface area (Å²) in [6, 6.07) is 7.04. The summed E-state index contributed by atoms with van der Waals surface area (Å²) in [4.78, 5) is 0. The van der Waals surface area contributed by atoms with Crippen molar-refractivity contribution in [1.29, 1.82) is 0 Å². The maximum Gasteiger partial charge on any atom is 0.115 e. The molecule has 0 aliphatic carbocycles. The van der Waals surface area contributed by atoms with Crippen molar-refractivity contribution in [1.82, 2.24) is 0 Å². The van der Waals surface area contributed by atoms with Gasteiger partial charge in [0.15, 0.2) is 0 Å². The van der Waals surface area contributed by atoms with Crippen LogP contribution in [0.25, 0.3) is 0 Å². The van der Waals surface area contributed by atoms with E-state index in [0.29, 0.717) is 6.42 Å². The third kappa shape index (κ3) is 2.96. The molecule has 1 atom stereocenters. The Bertz CT molecular complexity index is 303. The van der Waals surface area contributed by atoms with Crippen molar-refractivity contribution in [3.63, 3.8) is 0 Å². The summed E-state index contributed by atoms with van der Waals surface area (Å²) in [5, 5.41) is 19.5. The summed E-state index contributed by atoms with van der Waals surface area (Å²) in [6.45, 7) is 6.06. The lowest BCUT2D eigenvalue weighted by Gasteiger charge is -2.31. The van der Waals surface area contributed by atoms with E-state index in [2.05, 4.69) is 0 Å². The second-order valence-electron chi connectivity index (χ2n) is 4.46. The summed E-state index contributed by atoms with van der Waals surface area (Å²) in [5.74, 6) is 0.500. The summed E-state index contributed by atoms with van der Waals surface area (Å²) < 4.78 is 0. The van der Waals surface area contributed by atoms with Gasteiger partial charge in [0.2, 0.25) is 0 Å². The Hall–Kier alpha value is -1.02. The second kappa shape index (κ2) is 4.67. The van der Waals surface area contributed by atoms with Crippen LogP contribution in [0, 0.1) is 5.92 Å². The van der Waals surface area contributed by atoms with Crippen LogP contribution in [0.4, 0.5) is 0 Å². The third-order valence-electron chi connectivity index (χ3n) is 3.13. The predicted molar refractivity (Wildman–Crippen MR) is 61.9 cm³/mol. The van der Waals surface area contributed by atoms with E-state index in [4.69, 9.17) is 5.11 Å². The first-order valence-electron chi connectivity index (χ1n) is 5.48. The Morgan fingerprint density at radius 3 is 2.13 bits per heavy atom. The third-order valence-corrected chi connectivity index (χ3v) is 3.13. The minimum atomic E-state index is -0.642. The van der Waals surface area contributed by atoms with Gasteiger partial charge in [-0.25, -0.2) is 0 Å². The molecule has 84 valence electrons. The fourth-order valence-electron chi connectivity index (χ4n) is 1.70. The molecule has 1 aromatic rings. The monoisotopic (exact) mass is 208 g/mol. The largest absolute Gasteiger partial charge is 0.508 e. The molecule has 0 amide bonds. The maximum atomic E-state index is 10.4. The molecule has 0 fully saturated rings. The number of benzene rings is 1. The van der Waals surface area contributed by atoms with E-state index in [1.807, 2.05) is 32.9 Å². The molecule has 1 aromatic carbocycles. The van der Waals surface area contributed by atoms with E-state index in [1.165, 1.54) is 0 Å². The minimum Gasteiger partial charge on any atom is -0.508 e. The first kappa shape index (κ1) is 12.1. The molecule has 2 heteroatoms. The molecule has 0 aliphatic heterocycles. The van der Waals surface area contributed by atoms with E-state index < -0.39 is 5.60 Å². The van der Waals surface area contributed by atoms with Crippen LogP contribution in [0.15, 0.2) is 24.3 Å². The highest BCUT2D eigenvalue weighted by molar-refractivity contribution is 5.27. The average Bonchev–Trinajstić information content (AvgIpc) is 2.21. The van der Waals surface area contributed by atoms with Crippen molar-refractivity contribution in [2.24, 2.45) is 5.92 Å². The van der Waals surface area contributed by atoms with E-state index in [-0.39, 0.29) is 11.7 Å². The molecule has 2 N–H and O–H groups in total. The number of aromatic hydroxyl groups is 1. The van der Waals surface area contributed by atoms with Crippen molar-refractivity contribution in [2.75, 3.05) is 0 Å². The summed E-state index contributed by atoms with van der Waals surface area (Å²) in [6.07, 6.45) is 1.38. The summed E-state index contributed by atoms with van der Waals surface area (Å²) >= 11 is 0. The molecule has 1 unspecified atom stereocenters. The molecule has 15 heavy (non-hydrogen) atoms. The normalized spacial score (nSPS) is 15.3. The Balaban J connectivity index is 2.79. The van der Waals surface area contributed by atoms with Crippen LogP contribution in [-0.4, -0.2) is 15.8 Å². The van der Waals surface area contributed by atoms with Gasteiger partial charge < -0.3 is 10.2 Å². The number of hydrogen-bond donors (Lipinski definition) is 2. The summed E-state index contributed by atoms with van der Waals surface area (Å²) in [7, 11) is 0. The van der Waals surface area contributed by atoms with Crippen molar-refractivity contribution < 1.29 is 10.2 Å². The van der Waals surface area contributed by atoms with E-state index in [1.54, 1.807) is 12.1 Å². The van der Waals surface area contributed by atoms with Crippen LogP contribution >= 0.6 is 0 Å². The Morgan fingerprint density at radius 1 is 1.20 bits per heavy atom. The minimum absolute atomic E-state index is 0.233. The van der Waals surface area contributed by atoms with Gasteiger partial charge in [-0.15, -0.1) is 0 Å². The highest BCUT2D eigenvalue weighted by atomic mass is 16.3. The Labute approximate surface area is 91.6 Å². The molecular formula is C13H20O2. The summed E-state index contributed by atoms with van der Waals surface area (Å²) in [5.41, 5.74) is 0.419. The highest BCUT2D eigenvalue weighted by Gasteiger charge is 2.28. The van der Waals surface area contributed by atoms with Crippen LogP contribution in [0.1, 0.15) is 32.8 Å². The standard InChI is InChI=1S/C13H20O2/c1-4-13(15,10(2)3)9-11-5-7-12(14)8-6-11/h5-8,10,14-15H,4,9H2,1-3H3. The fourth-order valence-corrected chi connectivity index (χ4v) is 1.70. The lowest BCUT2D eigenvalue weighted by molar-refractivity contribution is -0.00829. The van der Waals surface area contributed by atoms with Crippen molar-refractivity contribution >= 4 is 0 Å². The zero-order valence-corrected chi connectivity index (χ0v) is 9.70. The number of aliphatic hydroxyl groups is 1. The van der Waals surface area contributed by atoms with Crippen molar-refractivity contribution in [3.05, 3.63) is 29.8 Å². The molecule has 0 aliphatic rings. The molecule has 0 heterocycles. The Kier molecular flexibility index (Phi) is 3.75. The predicted octanol–water partition coefficient (Wildman–Crippen LogP) is 2.73. The van der Waals surface area contributed by atoms with Crippen molar-refractivity contribution in [3.8, 4) is 5.75 Å². The molecule has 0 bridgehead atoms. The molecule has 0 saturated heterocycles. The van der Waals surface area contributed by atoms with Crippen LogP contribution in [-0.2, 0) is 6.42 Å². The number of phenolic OH excluding ortho intramolecular Hbond substituents is 1. The molecule has 0 radical (unpaired) electrons. The fraction of sp³-hybridized carbons (Fsp3) is 0.538. The lowest BCUT2D eigenvalue weighted by Crippen LogP contribution is -2.36. The van der Waals surface area contributed by atoms with Gasteiger partial charge in [0.25, 0.3) is 0 Å². The van der Waals surface area contributed by atoms with Crippen LogP contribution < -0.4 is 0 Å². The quantitative estimate of drug-likeness (QED) is 0.798.